The molecule has 0 heterocycles. The zero-order valence-electron chi connectivity index (χ0n) is 6.25. The molecule has 58 valence electrons. The zero-order chi connectivity index (χ0) is 8.04. The lowest BCUT2D eigenvalue weighted by molar-refractivity contribution is 0.557. The van der Waals surface area contributed by atoms with Gasteiger partial charge in [0.25, 0.3) is 0 Å². The van der Waals surface area contributed by atoms with Crippen molar-refractivity contribution >= 4 is 0 Å². The molecule has 0 saturated heterocycles. The Labute approximate surface area is 61.6 Å². The molecule has 1 aliphatic carbocycles. The summed E-state index contributed by atoms with van der Waals surface area (Å²) in [6.07, 6.45) is 8.30. The maximum Gasteiger partial charge on any atom is 0.0866 e. The quantitative estimate of drug-likeness (QED) is 0.405. The molecule has 3 nitrogen and oxygen atoms in total. The van der Waals surface area contributed by atoms with Crippen molar-refractivity contribution in [3.8, 4) is 0 Å². The van der Waals surface area contributed by atoms with Gasteiger partial charge in [0.15, 0.2) is 0 Å². The Morgan fingerprint density at radius 1 is 1.20 bits per heavy atom. The van der Waals surface area contributed by atoms with E-state index in [1.165, 1.54) is 7.05 Å². The van der Waals surface area contributed by atoms with Crippen molar-refractivity contribution in [1.82, 2.24) is 0 Å². The molecule has 3 heteroatoms. The molecule has 6 N–H and O–H groups in total. The Morgan fingerprint density at radius 2 is 1.80 bits per heavy atom. The van der Waals surface area contributed by atoms with Gasteiger partial charge in [-0.3, -0.25) is 0 Å². The average Bonchev–Trinajstić information content (AvgIpc) is 1.92. The minimum Gasteiger partial charge on any atom is -0.333 e. The maximum atomic E-state index is 5.52. The Bertz CT molecular complexity index is 136. The molecule has 0 atom stereocenters. The smallest absolute Gasteiger partial charge is 0.0866 e. The molecule has 0 bridgehead atoms. The van der Waals surface area contributed by atoms with Gasteiger partial charge in [0, 0.05) is 6.42 Å². The average molecular weight is 141 g/mol. The highest BCUT2D eigenvalue weighted by Gasteiger charge is 2.12. The Balaban J connectivity index is 0.000000371. The predicted octanol–water partition coefficient (Wildman–Crippen LogP) is -0.309. The van der Waals surface area contributed by atoms with Crippen molar-refractivity contribution in [2.24, 2.45) is 17.2 Å². The second kappa shape index (κ2) is 4.22. The molecule has 0 aromatic carbocycles. The Hall–Kier alpha value is -0.640. The molecule has 0 radical (unpaired) electrons. The monoisotopic (exact) mass is 141 g/mol. The van der Waals surface area contributed by atoms with Gasteiger partial charge in [0.05, 0.1) is 5.66 Å². The van der Waals surface area contributed by atoms with Crippen LogP contribution in [0.25, 0.3) is 0 Å². The van der Waals surface area contributed by atoms with Gasteiger partial charge in [0.1, 0.15) is 0 Å². The molecule has 0 fully saturated rings. The molecule has 0 unspecified atom stereocenters. The molecular weight excluding hydrogens is 126 g/mol. The number of rotatable bonds is 0. The van der Waals surface area contributed by atoms with Crippen molar-refractivity contribution in [3.05, 3.63) is 24.3 Å². The topological polar surface area (TPSA) is 78.1 Å². The van der Waals surface area contributed by atoms with Crippen LogP contribution in [0.1, 0.15) is 6.42 Å². The van der Waals surface area contributed by atoms with Gasteiger partial charge in [0.2, 0.25) is 0 Å². The van der Waals surface area contributed by atoms with E-state index in [0.717, 1.165) is 6.42 Å². The Kier molecular flexibility index (Phi) is 3.95. The number of allylic oxidation sites excluding steroid dienone is 2. The van der Waals surface area contributed by atoms with Crippen molar-refractivity contribution < 1.29 is 0 Å². The first kappa shape index (κ1) is 9.36. The van der Waals surface area contributed by atoms with Crippen LogP contribution in [0, 0.1) is 0 Å². The zero-order valence-corrected chi connectivity index (χ0v) is 6.25. The lowest BCUT2D eigenvalue weighted by Crippen LogP contribution is -2.47. The largest absolute Gasteiger partial charge is 0.333 e. The van der Waals surface area contributed by atoms with E-state index in [9.17, 15) is 0 Å². The first-order chi connectivity index (χ1) is 4.71. The summed E-state index contributed by atoms with van der Waals surface area (Å²) >= 11 is 0. The highest BCUT2D eigenvalue weighted by molar-refractivity contribution is 5.17. The summed E-state index contributed by atoms with van der Waals surface area (Å²) in [5, 5.41) is 0. The van der Waals surface area contributed by atoms with Gasteiger partial charge in [-0.2, -0.15) is 0 Å². The third-order valence-electron chi connectivity index (χ3n) is 1.13. The summed E-state index contributed by atoms with van der Waals surface area (Å²) in [6.45, 7) is 0. The van der Waals surface area contributed by atoms with Crippen molar-refractivity contribution in [2.45, 2.75) is 12.1 Å². The van der Waals surface area contributed by atoms with E-state index < -0.39 is 5.66 Å². The second-order valence-corrected chi connectivity index (χ2v) is 2.10. The van der Waals surface area contributed by atoms with E-state index in [-0.39, 0.29) is 0 Å². The van der Waals surface area contributed by atoms with Crippen LogP contribution in [0.2, 0.25) is 0 Å². The summed E-state index contributed by atoms with van der Waals surface area (Å²) < 4.78 is 0. The standard InChI is InChI=1S/C6H10N2.CH5N/c7-6(8)4-2-1-3-5-6;1-2/h1-4H,5,7-8H2;2H2,1H3. The van der Waals surface area contributed by atoms with Crippen molar-refractivity contribution in [2.75, 3.05) is 7.05 Å². The second-order valence-electron chi connectivity index (χ2n) is 2.10. The van der Waals surface area contributed by atoms with Crippen LogP contribution in [0.3, 0.4) is 0 Å². The first-order valence-electron chi connectivity index (χ1n) is 3.21. The Morgan fingerprint density at radius 3 is 2.00 bits per heavy atom. The van der Waals surface area contributed by atoms with Crippen molar-refractivity contribution in [1.29, 1.82) is 0 Å². The van der Waals surface area contributed by atoms with Gasteiger partial charge >= 0.3 is 0 Å². The van der Waals surface area contributed by atoms with Gasteiger partial charge in [-0.05, 0) is 7.05 Å². The van der Waals surface area contributed by atoms with E-state index in [1.54, 1.807) is 6.08 Å². The summed E-state index contributed by atoms with van der Waals surface area (Å²) in [6, 6.07) is 0. The minimum absolute atomic E-state index is 0.589. The molecule has 0 spiro atoms. The highest BCUT2D eigenvalue weighted by Crippen LogP contribution is 2.06. The molecule has 0 aliphatic heterocycles. The van der Waals surface area contributed by atoms with Gasteiger partial charge < -0.3 is 17.2 Å². The molecule has 0 aromatic heterocycles. The van der Waals surface area contributed by atoms with Crippen molar-refractivity contribution in [3.63, 3.8) is 0 Å². The van der Waals surface area contributed by atoms with Crippen LogP contribution >= 0.6 is 0 Å². The van der Waals surface area contributed by atoms with Gasteiger partial charge in [-0.25, -0.2) is 0 Å². The maximum absolute atomic E-state index is 5.52. The van der Waals surface area contributed by atoms with Crippen LogP contribution < -0.4 is 17.2 Å². The fourth-order valence-electron chi connectivity index (χ4n) is 0.653. The number of hydrogen-bond donors (Lipinski definition) is 3. The van der Waals surface area contributed by atoms with Crippen LogP contribution in [0.5, 0.6) is 0 Å². The molecular formula is C7H15N3. The fraction of sp³-hybridized carbons (Fsp3) is 0.429. The molecule has 1 aliphatic rings. The van der Waals surface area contributed by atoms with Crippen LogP contribution in [-0.2, 0) is 0 Å². The highest BCUT2D eigenvalue weighted by atomic mass is 14.9. The van der Waals surface area contributed by atoms with E-state index in [1.807, 2.05) is 18.2 Å². The fourth-order valence-corrected chi connectivity index (χ4v) is 0.653. The summed E-state index contributed by atoms with van der Waals surface area (Å²) in [4.78, 5) is 0. The molecule has 10 heavy (non-hydrogen) atoms. The summed E-state index contributed by atoms with van der Waals surface area (Å²) in [7, 11) is 1.50. The molecule has 0 aromatic rings. The third kappa shape index (κ3) is 3.40. The van der Waals surface area contributed by atoms with E-state index in [4.69, 9.17) is 11.5 Å². The van der Waals surface area contributed by atoms with Crippen LogP contribution in [0.15, 0.2) is 24.3 Å². The summed E-state index contributed by atoms with van der Waals surface area (Å²) in [5.41, 5.74) is 14.9. The normalized spacial score (nSPS) is 19.6. The van der Waals surface area contributed by atoms with Crippen LogP contribution in [0.4, 0.5) is 0 Å². The van der Waals surface area contributed by atoms with E-state index >= 15 is 0 Å². The minimum atomic E-state index is -0.589. The summed E-state index contributed by atoms with van der Waals surface area (Å²) in [5.74, 6) is 0. The van der Waals surface area contributed by atoms with Crippen LogP contribution in [-0.4, -0.2) is 12.7 Å². The third-order valence-corrected chi connectivity index (χ3v) is 1.13. The van der Waals surface area contributed by atoms with Gasteiger partial charge in [-0.1, -0.05) is 24.3 Å². The number of nitrogens with two attached hydrogens (primary N) is 3. The number of hydrogen-bond acceptors (Lipinski definition) is 3. The molecule has 0 saturated carbocycles. The van der Waals surface area contributed by atoms with E-state index in [2.05, 4.69) is 5.73 Å². The van der Waals surface area contributed by atoms with Gasteiger partial charge in [-0.15, -0.1) is 0 Å². The molecule has 0 amide bonds. The lowest BCUT2D eigenvalue weighted by Gasteiger charge is -2.19. The predicted molar refractivity (Wildman–Crippen MR) is 44.1 cm³/mol. The van der Waals surface area contributed by atoms with E-state index in [0.29, 0.717) is 0 Å². The molecule has 1 rings (SSSR count). The first-order valence-corrected chi connectivity index (χ1v) is 3.21. The SMILES string of the molecule is CN.NC1(N)C=CC=CC1. The lowest BCUT2D eigenvalue weighted by atomic mass is 10.0.